The minimum absolute atomic E-state index is 0.329. The van der Waals surface area contributed by atoms with Crippen molar-refractivity contribution in [3.63, 3.8) is 0 Å². The Labute approximate surface area is 164 Å². The van der Waals surface area contributed by atoms with Gasteiger partial charge in [0.15, 0.2) is 0 Å². The SMILES string of the molecule is CCCCCCCCCCCCCCCCCCP(=O)(O)OCCCC. The lowest BCUT2D eigenvalue weighted by Gasteiger charge is -2.11. The number of hydrogen-bond acceptors (Lipinski definition) is 2. The van der Waals surface area contributed by atoms with Gasteiger partial charge in [0, 0.05) is 6.16 Å². The Morgan fingerprint density at radius 1 is 0.577 bits per heavy atom. The van der Waals surface area contributed by atoms with Gasteiger partial charge in [0.25, 0.3) is 0 Å². The Hall–Kier alpha value is 0.150. The Morgan fingerprint density at radius 3 is 1.31 bits per heavy atom. The molecule has 0 aromatic carbocycles. The van der Waals surface area contributed by atoms with Crippen LogP contribution in [-0.4, -0.2) is 17.7 Å². The van der Waals surface area contributed by atoms with Gasteiger partial charge in [-0.2, -0.15) is 0 Å². The average molecular weight is 391 g/mol. The smallest absolute Gasteiger partial charge is 0.324 e. The van der Waals surface area contributed by atoms with Crippen LogP contribution in [0.15, 0.2) is 0 Å². The molecule has 0 saturated carbocycles. The van der Waals surface area contributed by atoms with Gasteiger partial charge in [0.2, 0.25) is 0 Å². The predicted molar refractivity (Wildman–Crippen MR) is 115 cm³/mol. The summed E-state index contributed by atoms with van der Waals surface area (Å²) in [7, 11) is -3.31. The first kappa shape index (κ1) is 26.1. The fourth-order valence-electron chi connectivity index (χ4n) is 3.28. The van der Waals surface area contributed by atoms with Gasteiger partial charge in [-0.1, -0.05) is 117 Å². The normalized spacial score (nSPS) is 13.8. The molecule has 4 heteroatoms. The summed E-state index contributed by atoms with van der Waals surface area (Å²) in [5, 5.41) is 0. The van der Waals surface area contributed by atoms with Crippen molar-refractivity contribution < 1.29 is 14.0 Å². The highest BCUT2D eigenvalue weighted by Gasteiger charge is 2.17. The van der Waals surface area contributed by atoms with Crippen LogP contribution in [0, 0.1) is 0 Å². The third-order valence-electron chi connectivity index (χ3n) is 5.09. The van der Waals surface area contributed by atoms with Crippen molar-refractivity contribution in [3.05, 3.63) is 0 Å². The third-order valence-corrected chi connectivity index (χ3v) is 6.55. The van der Waals surface area contributed by atoms with Gasteiger partial charge in [-0.15, -0.1) is 0 Å². The lowest BCUT2D eigenvalue weighted by Crippen LogP contribution is -1.97. The first-order valence-corrected chi connectivity index (χ1v) is 13.3. The molecule has 0 saturated heterocycles. The van der Waals surface area contributed by atoms with Crippen LogP contribution < -0.4 is 0 Å². The molecule has 1 atom stereocenters. The molecule has 0 aromatic heterocycles. The molecule has 0 aliphatic heterocycles. The number of rotatable bonds is 21. The van der Waals surface area contributed by atoms with Crippen molar-refractivity contribution >= 4 is 7.60 Å². The van der Waals surface area contributed by atoms with Gasteiger partial charge >= 0.3 is 7.60 Å². The molecule has 0 aliphatic carbocycles. The summed E-state index contributed by atoms with van der Waals surface area (Å²) in [6.07, 6.45) is 23.3. The lowest BCUT2D eigenvalue weighted by molar-refractivity contribution is 0.254. The quantitative estimate of drug-likeness (QED) is 0.158. The van der Waals surface area contributed by atoms with Gasteiger partial charge in [-0.3, -0.25) is 4.57 Å². The van der Waals surface area contributed by atoms with E-state index in [4.69, 9.17) is 4.52 Å². The molecule has 0 fully saturated rings. The van der Waals surface area contributed by atoms with Gasteiger partial charge in [-0.25, -0.2) is 0 Å². The van der Waals surface area contributed by atoms with E-state index in [1.807, 2.05) is 0 Å². The van der Waals surface area contributed by atoms with E-state index in [0.29, 0.717) is 12.8 Å². The maximum atomic E-state index is 11.8. The van der Waals surface area contributed by atoms with Crippen molar-refractivity contribution in [2.75, 3.05) is 12.8 Å². The molecule has 0 radical (unpaired) electrons. The topological polar surface area (TPSA) is 46.5 Å². The van der Waals surface area contributed by atoms with Crippen LogP contribution in [0.4, 0.5) is 0 Å². The standard InChI is InChI=1S/C22H47O3P/c1-3-5-7-8-9-10-11-12-13-14-15-16-17-18-19-20-22-26(23,24)25-21-6-4-2/h3-22H2,1-2H3,(H,23,24). The van der Waals surface area contributed by atoms with Crippen molar-refractivity contribution in [3.8, 4) is 0 Å². The van der Waals surface area contributed by atoms with Crippen LogP contribution in [-0.2, 0) is 9.09 Å². The van der Waals surface area contributed by atoms with Crippen molar-refractivity contribution in [2.24, 2.45) is 0 Å². The molecule has 0 rings (SSSR count). The highest BCUT2D eigenvalue weighted by Crippen LogP contribution is 2.43. The number of unbranched alkanes of at least 4 members (excludes halogenated alkanes) is 16. The molecular weight excluding hydrogens is 343 g/mol. The molecule has 1 N–H and O–H groups in total. The van der Waals surface area contributed by atoms with E-state index in [0.717, 1.165) is 25.7 Å². The Morgan fingerprint density at radius 2 is 0.923 bits per heavy atom. The lowest BCUT2D eigenvalue weighted by atomic mass is 10.0. The summed E-state index contributed by atoms with van der Waals surface area (Å²) in [4.78, 5) is 9.69. The first-order valence-electron chi connectivity index (χ1n) is 11.6. The second-order valence-corrected chi connectivity index (χ2v) is 9.83. The molecule has 1 unspecified atom stereocenters. The van der Waals surface area contributed by atoms with Crippen LogP contribution in [0.2, 0.25) is 0 Å². The van der Waals surface area contributed by atoms with Crippen molar-refractivity contribution in [1.29, 1.82) is 0 Å². The van der Waals surface area contributed by atoms with Gasteiger partial charge in [-0.05, 0) is 12.8 Å². The molecule has 0 aromatic rings. The zero-order chi connectivity index (χ0) is 19.3. The molecule has 158 valence electrons. The van der Waals surface area contributed by atoms with E-state index in [1.54, 1.807) is 0 Å². The van der Waals surface area contributed by atoms with Crippen LogP contribution in [0.25, 0.3) is 0 Å². The molecule has 0 aliphatic rings. The minimum Gasteiger partial charge on any atom is -0.324 e. The average Bonchev–Trinajstić information content (AvgIpc) is 2.61. The van der Waals surface area contributed by atoms with Crippen molar-refractivity contribution in [1.82, 2.24) is 0 Å². The van der Waals surface area contributed by atoms with Crippen molar-refractivity contribution in [2.45, 2.75) is 129 Å². The van der Waals surface area contributed by atoms with Gasteiger partial charge in [0.1, 0.15) is 0 Å². The maximum Gasteiger partial charge on any atom is 0.328 e. The molecule has 0 amide bonds. The summed E-state index contributed by atoms with van der Waals surface area (Å²) in [6, 6.07) is 0. The second kappa shape index (κ2) is 19.9. The van der Waals surface area contributed by atoms with Crippen LogP contribution in [0.3, 0.4) is 0 Å². The molecule has 0 spiro atoms. The summed E-state index contributed by atoms with van der Waals surface area (Å²) in [5.74, 6) is 0. The largest absolute Gasteiger partial charge is 0.328 e. The second-order valence-electron chi connectivity index (χ2n) is 7.85. The predicted octanol–water partition coefficient (Wildman–Crippen LogP) is 8.25. The monoisotopic (exact) mass is 390 g/mol. The zero-order valence-corrected chi connectivity index (χ0v) is 18.7. The maximum absolute atomic E-state index is 11.8. The van der Waals surface area contributed by atoms with E-state index >= 15 is 0 Å². The van der Waals surface area contributed by atoms with E-state index in [9.17, 15) is 9.46 Å². The molecule has 26 heavy (non-hydrogen) atoms. The fraction of sp³-hybridized carbons (Fsp3) is 1.00. The van der Waals surface area contributed by atoms with Gasteiger partial charge < -0.3 is 9.42 Å². The third kappa shape index (κ3) is 20.5. The molecule has 3 nitrogen and oxygen atoms in total. The summed E-state index contributed by atoms with van der Waals surface area (Å²) >= 11 is 0. The first-order chi connectivity index (χ1) is 12.6. The van der Waals surface area contributed by atoms with E-state index in [-0.39, 0.29) is 0 Å². The Balaban J connectivity index is 3.18. The fourth-order valence-corrected chi connectivity index (χ4v) is 4.44. The Kier molecular flexibility index (Phi) is 20.0. The summed E-state index contributed by atoms with van der Waals surface area (Å²) < 4.78 is 16.9. The Bertz CT molecular complexity index is 321. The highest BCUT2D eigenvalue weighted by atomic mass is 31.2. The summed E-state index contributed by atoms with van der Waals surface area (Å²) in [5.41, 5.74) is 0. The zero-order valence-electron chi connectivity index (χ0n) is 17.9. The van der Waals surface area contributed by atoms with Crippen LogP contribution in [0.5, 0.6) is 0 Å². The van der Waals surface area contributed by atoms with Crippen LogP contribution >= 0.6 is 7.60 Å². The number of hydrogen-bond donors (Lipinski definition) is 1. The van der Waals surface area contributed by atoms with Crippen LogP contribution in [0.1, 0.15) is 129 Å². The highest BCUT2D eigenvalue weighted by molar-refractivity contribution is 7.52. The molecule has 0 bridgehead atoms. The van der Waals surface area contributed by atoms with E-state index in [1.165, 1.54) is 89.9 Å². The molecule has 0 heterocycles. The molecular formula is C22H47O3P. The van der Waals surface area contributed by atoms with E-state index in [2.05, 4.69) is 13.8 Å². The summed E-state index contributed by atoms with van der Waals surface area (Å²) in [6.45, 7) is 4.75. The minimum atomic E-state index is -3.31. The van der Waals surface area contributed by atoms with E-state index < -0.39 is 7.60 Å². The van der Waals surface area contributed by atoms with Gasteiger partial charge in [0.05, 0.1) is 6.61 Å².